The van der Waals surface area contributed by atoms with E-state index in [-0.39, 0.29) is 23.6 Å². The Balaban J connectivity index is 1.76. The normalized spacial score (nSPS) is 14.2. The van der Waals surface area contributed by atoms with Crippen molar-refractivity contribution in [3.8, 4) is 11.5 Å². The highest BCUT2D eigenvalue weighted by Crippen LogP contribution is 2.39. The van der Waals surface area contributed by atoms with Crippen LogP contribution in [0.2, 0.25) is 5.02 Å². The average molecular weight is 383 g/mol. The first-order valence-electron chi connectivity index (χ1n) is 7.28. The molecule has 1 atom stereocenters. The van der Waals surface area contributed by atoms with Crippen molar-refractivity contribution in [2.24, 2.45) is 5.14 Å². The highest BCUT2D eigenvalue weighted by atomic mass is 35.5. The van der Waals surface area contributed by atoms with E-state index in [1.165, 1.54) is 18.2 Å². The minimum Gasteiger partial charge on any atom is -0.454 e. The lowest BCUT2D eigenvalue weighted by Gasteiger charge is -2.15. The van der Waals surface area contributed by atoms with Gasteiger partial charge in [-0.25, -0.2) is 13.6 Å². The first-order valence-corrected chi connectivity index (χ1v) is 9.21. The van der Waals surface area contributed by atoms with Crippen LogP contribution in [0.25, 0.3) is 0 Å². The molecule has 0 radical (unpaired) electrons. The molecular weight excluding hydrogens is 368 g/mol. The molecule has 132 valence electrons. The van der Waals surface area contributed by atoms with E-state index in [2.05, 4.69) is 5.32 Å². The number of fused-ring (bicyclic) bond motifs is 1. The van der Waals surface area contributed by atoms with Gasteiger partial charge in [0.25, 0.3) is 5.91 Å². The lowest BCUT2D eigenvalue weighted by atomic mass is 10.1. The molecule has 0 unspecified atom stereocenters. The summed E-state index contributed by atoms with van der Waals surface area (Å²) in [5, 5.41) is 8.18. The summed E-state index contributed by atoms with van der Waals surface area (Å²) in [6.07, 6.45) is 0. The Kier molecular flexibility index (Phi) is 4.59. The van der Waals surface area contributed by atoms with Gasteiger partial charge in [0.15, 0.2) is 11.5 Å². The van der Waals surface area contributed by atoms with Gasteiger partial charge < -0.3 is 14.8 Å². The lowest BCUT2D eigenvalue weighted by Crippen LogP contribution is -2.26. The molecule has 9 heteroatoms. The van der Waals surface area contributed by atoms with Crippen LogP contribution in [0.3, 0.4) is 0 Å². The fraction of sp³-hybridized carbons (Fsp3) is 0.188. The molecule has 3 rings (SSSR count). The number of nitrogens with two attached hydrogens (primary N) is 1. The van der Waals surface area contributed by atoms with Gasteiger partial charge in [-0.15, -0.1) is 0 Å². The number of carbonyl (C=O) groups is 1. The zero-order valence-corrected chi connectivity index (χ0v) is 14.7. The van der Waals surface area contributed by atoms with Crippen LogP contribution in [0.4, 0.5) is 0 Å². The first-order chi connectivity index (χ1) is 11.8. The minimum atomic E-state index is -3.75. The number of hydrogen-bond donors (Lipinski definition) is 2. The van der Waals surface area contributed by atoms with E-state index >= 15 is 0 Å². The zero-order valence-electron chi connectivity index (χ0n) is 13.2. The Labute approximate surface area is 149 Å². The monoisotopic (exact) mass is 382 g/mol. The summed E-state index contributed by atoms with van der Waals surface area (Å²) in [6, 6.07) is 8.68. The molecule has 0 fully saturated rings. The van der Waals surface area contributed by atoms with Crippen molar-refractivity contribution in [2.45, 2.75) is 17.9 Å². The molecule has 1 aliphatic rings. The van der Waals surface area contributed by atoms with Crippen molar-refractivity contribution in [2.75, 3.05) is 6.79 Å². The van der Waals surface area contributed by atoms with Gasteiger partial charge in [-0.2, -0.15) is 0 Å². The molecule has 3 N–H and O–H groups in total. The maximum absolute atomic E-state index is 12.4. The number of primary sulfonamides is 1. The highest BCUT2D eigenvalue weighted by molar-refractivity contribution is 7.89. The molecule has 2 aromatic carbocycles. The van der Waals surface area contributed by atoms with Crippen molar-refractivity contribution in [3.05, 3.63) is 52.5 Å². The standard InChI is InChI=1S/C16H15ClN2O5S/c1-9(10-2-4-12(5-3-10)25(18,21)22)19-16(20)11-6-13(17)15-14(7-11)23-8-24-15/h2-7,9H,8H2,1H3,(H,19,20)(H2,18,21,22)/t9-/m0/s1. The van der Waals surface area contributed by atoms with E-state index < -0.39 is 10.0 Å². The number of amides is 1. The molecule has 2 aromatic rings. The van der Waals surface area contributed by atoms with Crippen molar-refractivity contribution in [3.63, 3.8) is 0 Å². The van der Waals surface area contributed by atoms with Crippen LogP contribution < -0.4 is 19.9 Å². The minimum absolute atomic E-state index is 0.0114. The number of sulfonamides is 1. The Morgan fingerprint density at radius 1 is 1.24 bits per heavy atom. The van der Waals surface area contributed by atoms with Gasteiger partial charge >= 0.3 is 0 Å². The van der Waals surface area contributed by atoms with Gasteiger partial charge in [-0.3, -0.25) is 4.79 Å². The molecule has 1 amide bonds. The van der Waals surface area contributed by atoms with Gasteiger partial charge in [-0.05, 0) is 36.8 Å². The second-order valence-corrected chi connectivity index (χ2v) is 7.47. The van der Waals surface area contributed by atoms with Crippen molar-refractivity contribution in [1.29, 1.82) is 0 Å². The number of hydrogen-bond acceptors (Lipinski definition) is 5. The predicted molar refractivity (Wildman–Crippen MR) is 91.3 cm³/mol. The van der Waals surface area contributed by atoms with Crippen LogP contribution in [0, 0.1) is 0 Å². The second-order valence-electron chi connectivity index (χ2n) is 5.50. The second kappa shape index (κ2) is 6.55. The molecule has 7 nitrogen and oxygen atoms in total. The van der Waals surface area contributed by atoms with Gasteiger partial charge in [0.2, 0.25) is 16.8 Å². The summed E-state index contributed by atoms with van der Waals surface area (Å²) in [7, 11) is -3.75. The van der Waals surface area contributed by atoms with Crippen molar-refractivity contribution in [1.82, 2.24) is 5.32 Å². The molecule has 25 heavy (non-hydrogen) atoms. The smallest absolute Gasteiger partial charge is 0.251 e. The maximum Gasteiger partial charge on any atom is 0.251 e. The van der Waals surface area contributed by atoms with Crippen molar-refractivity contribution >= 4 is 27.5 Å². The van der Waals surface area contributed by atoms with Gasteiger partial charge in [0, 0.05) is 5.56 Å². The molecule has 0 spiro atoms. The van der Waals surface area contributed by atoms with E-state index in [4.69, 9.17) is 26.2 Å². The predicted octanol–water partition coefficient (Wildman–Crippen LogP) is 2.21. The third kappa shape index (κ3) is 3.71. The van der Waals surface area contributed by atoms with Gasteiger partial charge in [-0.1, -0.05) is 23.7 Å². The van der Waals surface area contributed by atoms with Crippen LogP contribution in [0.15, 0.2) is 41.3 Å². The summed E-state index contributed by atoms with van der Waals surface area (Å²) >= 11 is 6.08. The van der Waals surface area contributed by atoms with Crippen LogP contribution in [-0.4, -0.2) is 21.1 Å². The quantitative estimate of drug-likeness (QED) is 0.842. The van der Waals surface area contributed by atoms with E-state index in [0.29, 0.717) is 22.1 Å². The van der Waals surface area contributed by atoms with Gasteiger partial charge in [0.05, 0.1) is 16.0 Å². The number of ether oxygens (including phenoxy) is 2. The molecule has 0 aromatic heterocycles. The molecular formula is C16H15ClN2O5S. The molecule has 1 aliphatic heterocycles. The first kappa shape index (κ1) is 17.5. The SMILES string of the molecule is C[C@H](NC(=O)c1cc(Cl)c2c(c1)OCO2)c1ccc(S(N)(=O)=O)cc1. The largest absolute Gasteiger partial charge is 0.454 e. The highest BCUT2D eigenvalue weighted by Gasteiger charge is 2.21. The number of benzene rings is 2. The fourth-order valence-electron chi connectivity index (χ4n) is 2.41. The molecule has 0 saturated heterocycles. The molecule has 0 saturated carbocycles. The van der Waals surface area contributed by atoms with E-state index in [1.807, 2.05) is 0 Å². The van der Waals surface area contributed by atoms with E-state index in [1.54, 1.807) is 25.1 Å². The zero-order chi connectivity index (χ0) is 18.2. The van der Waals surface area contributed by atoms with Crippen LogP contribution in [-0.2, 0) is 10.0 Å². The van der Waals surface area contributed by atoms with Crippen molar-refractivity contribution < 1.29 is 22.7 Å². The summed E-state index contributed by atoms with van der Waals surface area (Å²) in [5.41, 5.74) is 1.06. The number of nitrogens with one attached hydrogen (secondary N) is 1. The lowest BCUT2D eigenvalue weighted by molar-refractivity contribution is 0.0939. The summed E-state index contributed by atoms with van der Waals surface area (Å²) in [5.74, 6) is 0.496. The van der Waals surface area contributed by atoms with E-state index in [0.717, 1.165) is 5.56 Å². The Morgan fingerprint density at radius 3 is 2.56 bits per heavy atom. The fourth-order valence-corrected chi connectivity index (χ4v) is 3.19. The van der Waals surface area contributed by atoms with E-state index in [9.17, 15) is 13.2 Å². The Morgan fingerprint density at radius 2 is 1.92 bits per heavy atom. The topological polar surface area (TPSA) is 108 Å². The summed E-state index contributed by atoms with van der Waals surface area (Å²) in [6.45, 7) is 1.84. The molecule has 0 aliphatic carbocycles. The average Bonchev–Trinajstić information content (AvgIpc) is 3.03. The summed E-state index contributed by atoms with van der Waals surface area (Å²) in [4.78, 5) is 12.4. The van der Waals surface area contributed by atoms with Crippen LogP contribution in [0.5, 0.6) is 11.5 Å². The van der Waals surface area contributed by atoms with Crippen LogP contribution in [0.1, 0.15) is 28.9 Å². The molecule has 0 bridgehead atoms. The number of carbonyl (C=O) groups excluding carboxylic acids is 1. The Bertz CT molecular complexity index is 928. The number of rotatable bonds is 4. The van der Waals surface area contributed by atoms with Crippen LogP contribution >= 0.6 is 11.6 Å². The summed E-state index contributed by atoms with van der Waals surface area (Å²) < 4.78 is 33.0. The molecule has 1 heterocycles. The maximum atomic E-state index is 12.4. The third-order valence-corrected chi connectivity index (χ3v) is 4.96. The third-order valence-electron chi connectivity index (χ3n) is 3.75. The van der Waals surface area contributed by atoms with Gasteiger partial charge in [0.1, 0.15) is 0 Å². The number of halogens is 1. The Hall–Kier alpha value is -2.29.